The number of carboxylic acids is 1. The molecule has 0 radical (unpaired) electrons. The average molecular weight is 276 g/mol. The van der Waals surface area contributed by atoms with Crippen molar-refractivity contribution in [1.29, 1.82) is 0 Å². The Labute approximate surface area is 113 Å². The van der Waals surface area contributed by atoms with Gasteiger partial charge in [-0.2, -0.15) is 0 Å². The van der Waals surface area contributed by atoms with Crippen molar-refractivity contribution in [2.75, 3.05) is 0 Å². The van der Waals surface area contributed by atoms with Gasteiger partial charge < -0.3 is 9.84 Å². The van der Waals surface area contributed by atoms with Gasteiger partial charge in [0.1, 0.15) is 11.5 Å². The molecule has 0 spiro atoms. The van der Waals surface area contributed by atoms with Crippen molar-refractivity contribution in [2.24, 2.45) is 0 Å². The molecule has 0 fully saturated rings. The number of hydrogen-bond acceptors (Lipinski definition) is 2. The smallest absolute Gasteiger partial charge is 0.328 e. The van der Waals surface area contributed by atoms with Crippen molar-refractivity contribution in [3.8, 4) is 11.5 Å². The van der Waals surface area contributed by atoms with E-state index in [1.54, 1.807) is 24.3 Å². The summed E-state index contributed by atoms with van der Waals surface area (Å²) in [6.07, 6.45) is 2.32. The molecule has 2 rings (SSSR count). The quantitative estimate of drug-likeness (QED) is 0.863. The van der Waals surface area contributed by atoms with E-state index in [-0.39, 0.29) is 5.75 Å². The fourth-order valence-corrected chi connectivity index (χ4v) is 1.54. The second-order valence-electron chi connectivity index (χ2n) is 3.89. The Bertz CT molecular complexity index is 666. The Balaban J connectivity index is 2.29. The highest BCUT2D eigenvalue weighted by Gasteiger charge is 2.06. The molecule has 0 heterocycles. The van der Waals surface area contributed by atoms with Gasteiger partial charge in [-0.15, -0.1) is 0 Å². The van der Waals surface area contributed by atoms with Crippen LogP contribution in [0.5, 0.6) is 11.5 Å². The highest BCUT2D eigenvalue weighted by Crippen LogP contribution is 2.27. The molecule has 3 nitrogen and oxygen atoms in total. The van der Waals surface area contributed by atoms with Crippen LogP contribution in [0.3, 0.4) is 0 Å². The van der Waals surface area contributed by atoms with Gasteiger partial charge >= 0.3 is 5.97 Å². The molecule has 0 unspecified atom stereocenters. The van der Waals surface area contributed by atoms with Crippen LogP contribution in [0.15, 0.2) is 48.5 Å². The topological polar surface area (TPSA) is 46.5 Å². The van der Waals surface area contributed by atoms with E-state index in [1.807, 2.05) is 0 Å². The van der Waals surface area contributed by atoms with E-state index in [4.69, 9.17) is 9.84 Å². The van der Waals surface area contributed by atoms with Gasteiger partial charge in [-0.1, -0.05) is 18.2 Å². The van der Waals surface area contributed by atoms with E-state index in [9.17, 15) is 13.6 Å². The van der Waals surface area contributed by atoms with E-state index in [2.05, 4.69) is 0 Å². The molecule has 0 bridgehead atoms. The minimum atomic E-state index is -1.09. The van der Waals surface area contributed by atoms with Crippen LogP contribution < -0.4 is 4.74 Å². The molecule has 0 aromatic heterocycles. The molecule has 0 aliphatic heterocycles. The molecule has 0 saturated carbocycles. The highest BCUT2D eigenvalue weighted by molar-refractivity contribution is 5.85. The SMILES string of the molecule is O=C(O)/C=C/c1ccccc1Oc1ccc(F)c(F)c1. The van der Waals surface area contributed by atoms with E-state index < -0.39 is 17.6 Å². The van der Waals surface area contributed by atoms with Crippen LogP contribution in [0.4, 0.5) is 8.78 Å². The molecule has 5 heteroatoms. The average Bonchev–Trinajstić information content (AvgIpc) is 2.42. The largest absolute Gasteiger partial charge is 0.478 e. The van der Waals surface area contributed by atoms with Crippen LogP contribution >= 0.6 is 0 Å². The molecule has 0 atom stereocenters. The minimum Gasteiger partial charge on any atom is -0.478 e. The van der Waals surface area contributed by atoms with Gasteiger partial charge in [0, 0.05) is 17.7 Å². The third-order valence-electron chi connectivity index (χ3n) is 2.44. The maximum absolute atomic E-state index is 13.1. The van der Waals surface area contributed by atoms with Crippen molar-refractivity contribution in [2.45, 2.75) is 0 Å². The number of benzene rings is 2. The van der Waals surface area contributed by atoms with Crippen molar-refractivity contribution in [3.05, 3.63) is 65.7 Å². The maximum atomic E-state index is 13.1. The molecule has 0 amide bonds. The Morgan fingerprint density at radius 2 is 1.85 bits per heavy atom. The van der Waals surface area contributed by atoms with Crippen molar-refractivity contribution < 1.29 is 23.4 Å². The van der Waals surface area contributed by atoms with Gasteiger partial charge in [0.15, 0.2) is 11.6 Å². The third-order valence-corrected chi connectivity index (χ3v) is 2.44. The Morgan fingerprint density at radius 1 is 1.10 bits per heavy atom. The lowest BCUT2D eigenvalue weighted by atomic mass is 10.2. The second kappa shape index (κ2) is 5.97. The van der Waals surface area contributed by atoms with Crippen LogP contribution in [0, 0.1) is 11.6 Å². The van der Waals surface area contributed by atoms with Crippen LogP contribution in [0.2, 0.25) is 0 Å². The molecule has 0 saturated heterocycles. The summed E-state index contributed by atoms with van der Waals surface area (Å²) in [6.45, 7) is 0. The van der Waals surface area contributed by atoms with Crippen molar-refractivity contribution in [1.82, 2.24) is 0 Å². The molecule has 2 aromatic carbocycles. The molecule has 1 N–H and O–H groups in total. The van der Waals surface area contributed by atoms with E-state index in [0.717, 1.165) is 18.2 Å². The number of rotatable bonds is 4. The Hall–Kier alpha value is -2.69. The first kappa shape index (κ1) is 13.7. The molecule has 0 aliphatic rings. The summed E-state index contributed by atoms with van der Waals surface area (Å²) in [5.41, 5.74) is 0.514. The van der Waals surface area contributed by atoms with E-state index in [0.29, 0.717) is 11.3 Å². The minimum absolute atomic E-state index is 0.125. The number of hydrogen-bond donors (Lipinski definition) is 1. The standard InChI is InChI=1S/C15H10F2O3/c16-12-7-6-11(9-13(12)17)20-14-4-2-1-3-10(14)5-8-15(18)19/h1-9H,(H,18,19)/b8-5+. The third kappa shape index (κ3) is 3.41. The molecule has 102 valence electrons. The molecule has 2 aromatic rings. The van der Waals surface area contributed by atoms with Crippen molar-refractivity contribution >= 4 is 12.0 Å². The van der Waals surface area contributed by atoms with Gasteiger partial charge in [0.2, 0.25) is 0 Å². The number of para-hydroxylation sites is 1. The van der Waals surface area contributed by atoms with E-state index in [1.165, 1.54) is 12.1 Å². The zero-order chi connectivity index (χ0) is 14.5. The summed E-state index contributed by atoms with van der Waals surface area (Å²) in [6, 6.07) is 9.81. The summed E-state index contributed by atoms with van der Waals surface area (Å²) < 4.78 is 31.3. The number of carbonyl (C=O) groups is 1. The zero-order valence-corrected chi connectivity index (χ0v) is 10.2. The summed E-state index contributed by atoms with van der Waals surface area (Å²) in [4.78, 5) is 10.5. The first-order chi connectivity index (χ1) is 9.56. The number of carboxylic acid groups (broad SMARTS) is 1. The highest BCUT2D eigenvalue weighted by atomic mass is 19.2. The number of ether oxygens (including phenoxy) is 1. The lowest BCUT2D eigenvalue weighted by molar-refractivity contribution is -0.131. The molecule has 0 aliphatic carbocycles. The summed E-state index contributed by atoms with van der Waals surface area (Å²) in [5, 5.41) is 8.60. The second-order valence-corrected chi connectivity index (χ2v) is 3.89. The summed E-state index contributed by atoms with van der Waals surface area (Å²) in [7, 11) is 0. The molecular weight excluding hydrogens is 266 g/mol. The Kier molecular flexibility index (Phi) is 4.10. The van der Waals surface area contributed by atoms with Crippen LogP contribution in [-0.4, -0.2) is 11.1 Å². The van der Waals surface area contributed by atoms with Crippen LogP contribution in [-0.2, 0) is 4.79 Å². The van der Waals surface area contributed by atoms with Gasteiger partial charge in [0.25, 0.3) is 0 Å². The van der Waals surface area contributed by atoms with E-state index >= 15 is 0 Å². The number of aliphatic carboxylic acids is 1. The summed E-state index contributed by atoms with van der Waals surface area (Å²) in [5.74, 6) is -2.60. The maximum Gasteiger partial charge on any atom is 0.328 e. The predicted octanol–water partition coefficient (Wildman–Crippen LogP) is 3.85. The molecular formula is C15H10F2O3. The fraction of sp³-hybridized carbons (Fsp3) is 0. The fourth-order valence-electron chi connectivity index (χ4n) is 1.54. The van der Waals surface area contributed by atoms with Crippen LogP contribution in [0.1, 0.15) is 5.56 Å². The first-order valence-corrected chi connectivity index (χ1v) is 5.69. The Morgan fingerprint density at radius 3 is 2.55 bits per heavy atom. The lowest BCUT2D eigenvalue weighted by Crippen LogP contribution is -1.91. The first-order valence-electron chi connectivity index (χ1n) is 5.69. The van der Waals surface area contributed by atoms with Crippen LogP contribution in [0.25, 0.3) is 6.08 Å². The van der Waals surface area contributed by atoms with Gasteiger partial charge in [-0.3, -0.25) is 0 Å². The monoisotopic (exact) mass is 276 g/mol. The van der Waals surface area contributed by atoms with Gasteiger partial charge in [-0.05, 0) is 24.3 Å². The van der Waals surface area contributed by atoms with Crippen molar-refractivity contribution in [3.63, 3.8) is 0 Å². The zero-order valence-electron chi connectivity index (χ0n) is 10.2. The molecule has 20 heavy (non-hydrogen) atoms. The lowest BCUT2D eigenvalue weighted by Gasteiger charge is -2.08. The summed E-state index contributed by atoms with van der Waals surface area (Å²) >= 11 is 0. The van der Waals surface area contributed by atoms with Gasteiger partial charge in [-0.25, -0.2) is 13.6 Å². The van der Waals surface area contributed by atoms with Gasteiger partial charge in [0.05, 0.1) is 0 Å². The number of halogens is 2. The normalized spacial score (nSPS) is 10.7. The predicted molar refractivity (Wildman–Crippen MR) is 69.5 cm³/mol.